The van der Waals surface area contributed by atoms with Gasteiger partial charge in [-0.1, -0.05) is 49.2 Å². The maximum absolute atomic E-state index is 16.1. The second kappa shape index (κ2) is 15.5. The molecule has 45 heavy (non-hydrogen) atoms. The van der Waals surface area contributed by atoms with Crippen molar-refractivity contribution in [3.8, 4) is 11.5 Å². The van der Waals surface area contributed by atoms with Gasteiger partial charge in [-0.25, -0.2) is 17.6 Å². The molecule has 0 saturated carbocycles. The predicted molar refractivity (Wildman–Crippen MR) is 170 cm³/mol. The van der Waals surface area contributed by atoms with Crippen LogP contribution < -0.4 is 14.8 Å². The molecule has 2 aliphatic heterocycles. The van der Waals surface area contributed by atoms with Crippen LogP contribution in [0.4, 0.5) is 17.6 Å². The molecule has 2 atom stereocenters. The normalized spacial score (nSPS) is 20.9. The Hall–Kier alpha value is -3.10. The topological polar surface area (TPSA) is 33.7 Å². The highest BCUT2D eigenvalue weighted by molar-refractivity contribution is 5.46. The third kappa shape index (κ3) is 9.23. The maximum Gasteiger partial charge on any atom is 0.257 e. The summed E-state index contributed by atoms with van der Waals surface area (Å²) in [6.45, 7) is 4.43. The SMILES string of the molecule is C[C@@H]1Cc2cc(OCc3ccccc3)ccc2C(c2c(F)cc(OC3CCCCCNCCCCC3)cc2F)N1CC(C)(F)F. The van der Waals surface area contributed by atoms with E-state index in [1.807, 2.05) is 43.3 Å². The van der Waals surface area contributed by atoms with Crippen molar-refractivity contribution in [2.45, 2.75) is 102 Å². The first kappa shape index (κ1) is 33.3. The summed E-state index contributed by atoms with van der Waals surface area (Å²) >= 11 is 0. The molecule has 5 rings (SSSR count). The van der Waals surface area contributed by atoms with Gasteiger partial charge in [0, 0.05) is 30.7 Å². The van der Waals surface area contributed by atoms with Crippen LogP contribution in [0.5, 0.6) is 11.5 Å². The van der Waals surface area contributed by atoms with Crippen molar-refractivity contribution in [1.29, 1.82) is 0 Å². The standard InChI is InChI=1S/C37H46F4N2O2/c1-26-20-28-21-30(44-24-27-12-6-3-7-13-27)16-17-32(28)36(43(26)25-37(2,40)41)35-33(38)22-31(23-34(35)39)45-29-14-8-4-10-18-42-19-11-5-9-15-29/h3,6-7,12-13,16-17,21-23,26,29,36,42H,4-5,8-11,14-15,18-20,24-25H2,1-2H3/t26-,36?/m1/s1. The molecule has 1 saturated heterocycles. The van der Waals surface area contributed by atoms with Gasteiger partial charge >= 0.3 is 0 Å². The van der Waals surface area contributed by atoms with Gasteiger partial charge in [-0.15, -0.1) is 0 Å². The summed E-state index contributed by atoms with van der Waals surface area (Å²) in [6, 6.07) is 16.2. The number of halogens is 4. The largest absolute Gasteiger partial charge is 0.490 e. The van der Waals surface area contributed by atoms with Crippen molar-refractivity contribution >= 4 is 0 Å². The minimum atomic E-state index is -3.05. The van der Waals surface area contributed by atoms with E-state index < -0.39 is 30.1 Å². The number of rotatable bonds is 8. The summed E-state index contributed by atoms with van der Waals surface area (Å²) in [4.78, 5) is 1.52. The molecule has 4 nitrogen and oxygen atoms in total. The molecule has 0 bridgehead atoms. The van der Waals surface area contributed by atoms with Crippen molar-refractivity contribution in [2.75, 3.05) is 19.6 Å². The molecule has 1 N–H and O–H groups in total. The molecule has 0 spiro atoms. The predicted octanol–water partition coefficient (Wildman–Crippen LogP) is 9.01. The fourth-order valence-electron chi connectivity index (χ4n) is 6.68. The highest BCUT2D eigenvalue weighted by Crippen LogP contribution is 2.43. The van der Waals surface area contributed by atoms with Gasteiger partial charge in [-0.3, -0.25) is 4.90 Å². The zero-order chi connectivity index (χ0) is 31.8. The molecule has 0 aromatic heterocycles. The van der Waals surface area contributed by atoms with Crippen LogP contribution in [0.3, 0.4) is 0 Å². The number of hydrogen-bond acceptors (Lipinski definition) is 4. The average molecular weight is 627 g/mol. The lowest BCUT2D eigenvalue weighted by Crippen LogP contribution is -2.48. The van der Waals surface area contributed by atoms with Gasteiger partial charge in [0.25, 0.3) is 5.92 Å². The van der Waals surface area contributed by atoms with Gasteiger partial charge in [0.2, 0.25) is 0 Å². The van der Waals surface area contributed by atoms with Crippen molar-refractivity contribution in [3.05, 3.63) is 94.6 Å². The third-order valence-corrected chi connectivity index (χ3v) is 8.92. The van der Waals surface area contributed by atoms with E-state index in [4.69, 9.17) is 9.47 Å². The van der Waals surface area contributed by atoms with Crippen LogP contribution in [-0.4, -0.2) is 42.6 Å². The van der Waals surface area contributed by atoms with Crippen LogP contribution >= 0.6 is 0 Å². The molecule has 8 heteroatoms. The van der Waals surface area contributed by atoms with Crippen LogP contribution in [0.1, 0.15) is 93.5 Å². The molecular formula is C37H46F4N2O2. The van der Waals surface area contributed by atoms with E-state index in [2.05, 4.69) is 5.32 Å². The summed E-state index contributed by atoms with van der Waals surface area (Å²) in [5.74, 6) is -3.86. The number of nitrogens with zero attached hydrogens (tertiary/aromatic N) is 1. The summed E-state index contributed by atoms with van der Waals surface area (Å²) in [5, 5.41) is 3.47. The second-order valence-corrected chi connectivity index (χ2v) is 12.8. The highest BCUT2D eigenvalue weighted by Gasteiger charge is 2.40. The molecule has 0 radical (unpaired) electrons. The van der Waals surface area contributed by atoms with Gasteiger partial charge in [-0.05, 0) is 93.8 Å². The maximum atomic E-state index is 16.1. The molecule has 2 heterocycles. The first-order chi connectivity index (χ1) is 21.7. The molecular weight excluding hydrogens is 580 g/mol. The van der Waals surface area contributed by atoms with Gasteiger partial charge in [-0.2, -0.15) is 0 Å². The van der Waals surface area contributed by atoms with E-state index in [1.54, 1.807) is 12.1 Å². The molecule has 2 aliphatic rings. The average Bonchev–Trinajstić information content (AvgIpc) is 2.98. The van der Waals surface area contributed by atoms with Crippen molar-refractivity contribution < 1.29 is 27.0 Å². The Labute approximate surface area is 265 Å². The number of alkyl halides is 2. The Morgan fingerprint density at radius 3 is 2.16 bits per heavy atom. The van der Waals surface area contributed by atoms with Crippen molar-refractivity contribution in [2.24, 2.45) is 0 Å². The zero-order valence-electron chi connectivity index (χ0n) is 26.5. The smallest absolute Gasteiger partial charge is 0.257 e. The van der Waals surface area contributed by atoms with Gasteiger partial charge in [0.1, 0.15) is 29.7 Å². The van der Waals surface area contributed by atoms with Crippen molar-refractivity contribution in [3.63, 3.8) is 0 Å². The lowest BCUT2D eigenvalue weighted by molar-refractivity contribution is -0.0371. The first-order valence-corrected chi connectivity index (χ1v) is 16.5. The second-order valence-electron chi connectivity index (χ2n) is 12.8. The quantitative estimate of drug-likeness (QED) is 0.253. The number of hydrogen-bond donors (Lipinski definition) is 1. The summed E-state index contributed by atoms with van der Waals surface area (Å²) < 4.78 is 73.3. The van der Waals surface area contributed by atoms with Gasteiger partial charge in [0.15, 0.2) is 0 Å². The molecule has 0 amide bonds. The fourth-order valence-corrected chi connectivity index (χ4v) is 6.68. The minimum Gasteiger partial charge on any atom is -0.490 e. The van der Waals surface area contributed by atoms with Crippen LogP contribution in [0, 0.1) is 11.6 Å². The Morgan fingerprint density at radius 2 is 1.51 bits per heavy atom. The molecule has 3 aromatic carbocycles. The number of benzene rings is 3. The van der Waals surface area contributed by atoms with E-state index in [9.17, 15) is 8.78 Å². The van der Waals surface area contributed by atoms with E-state index in [1.165, 1.54) is 17.0 Å². The van der Waals surface area contributed by atoms with Gasteiger partial charge < -0.3 is 14.8 Å². The first-order valence-electron chi connectivity index (χ1n) is 16.5. The van der Waals surface area contributed by atoms with E-state index in [0.717, 1.165) is 82.5 Å². The number of fused-ring (bicyclic) bond motifs is 1. The van der Waals surface area contributed by atoms with Crippen LogP contribution in [-0.2, 0) is 13.0 Å². The highest BCUT2D eigenvalue weighted by atomic mass is 19.3. The monoisotopic (exact) mass is 626 g/mol. The molecule has 3 aromatic rings. The third-order valence-electron chi connectivity index (χ3n) is 8.92. The van der Waals surface area contributed by atoms with E-state index >= 15 is 8.78 Å². The van der Waals surface area contributed by atoms with E-state index in [0.29, 0.717) is 24.3 Å². The summed E-state index contributed by atoms with van der Waals surface area (Å²) in [6.07, 6.45) is 8.30. The molecule has 1 unspecified atom stereocenters. The van der Waals surface area contributed by atoms with Crippen LogP contribution in [0.2, 0.25) is 0 Å². The Kier molecular flexibility index (Phi) is 11.4. The Morgan fingerprint density at radius 1 is 0.844 bits per heavy atom. The number of ether oxygens (including phenoxy) is 2. The Balaban J connectivity index is 1.42. The lowest BCUT2D eigenvalue weighted by Gasteiger charge is -2.43. The van der Waals surface area contributed by atoms with Gasteiger partial charge in [0.05, 0.1) is 18.7 Å². The molecule has 1 fully saturated rings. The molecule has 0 aliphatic carbocycles. The molecule has 244 valence electrons. The minimum absolute atomic E-state index is 0.123. The summed E-state index contributed by atoms with van der Waals surface area (Å²) in [7, 11) is 0. The zero-order valence-corrected chi connectivity index (χ0v) is 26.5. The fraction of sp³-hybridized carbons (Fsp3) is 0.514. The Bertz CT molecular complexity index is 1350. The number of nitrogens with one attached hydrogen (secondary N) is 1. The van der Waals surface area contributed by atoms with E-state index in [-0.39, 0.29) is 23.5 Å². The lowest BCUT2D eigenvalue weighted by atomic mass is 9.84. The van der Waals surface area contributed by atoms with Crippen molar-refractivity contribution in [1.82, 2.24) is 10.2 Å². The van der Waals surface area contributed by atoms with Crippen LogP contribution in [0.25, 0.3) is 0 Å². The summed E-state index contributed by atoms with van der Waals surface area (Å²) in [5.41, 5.74) is 2.21. The van der Waals surface area contributed by atoms with Crippen LogP contribution in [0.15, 0.2) is 60.7 Å².